The summed E-state index contributed by atoms with van der Waals surface area (Å²) >= 11 is 1.38. The summed E-state index contributed by atoms with van der Waals surface area (Å²) < 4.78 is 10.5. The zero-order valence-electron chi connectivity index (χ0n) is 14.7. The smallest absolute Gasteiger partial charge is 0.233 e. The number of nitrogens with one attached hydrogen (secondary N) is 1. The van der Waals surface area contributed by atoms with Gasteiger partial charge in [0.05, 0.1) is 19.5 Å². The van der Waals surface area contributed by atoms with Gasteiger partial charge >= 0.3 is 0 Å². The SMILES string of the molecule is CCC(Sc1ncccn1)C(=O)NCCc1ccc(OC)c(OC)c1. The summed E-state index contributed by atoms with van der Waals surface area (Å²) in [5, 5.41) is 3.40. The van der Waals surface area contributed by atoms with Crippen molar-refractivity contribution < 1.29 is 14.3 Å². The Morgan fingerprint density at radius 1 is 1.20 bits per heavy atom. The Morgan fingerprint density at radius 3 is 2.56 bits per heavy atom. The second kappa shape index (κ2) is 9.88. The van der Waals surface area contributed by atoms with Crippen molar-refractivity contribution in [2.24, 2.45) is 0 Å². The van der Waals surface area contributed by atoms with E-state index in [-0.39, 0.29) is 11.2 Å². The van der Waals surface area contributed by atoms with Gasteiger partial charge in [-0.25, -0.2) is 9.97 Å². The summed E-state index contributed by atoms with van der Waals surface area (Å²) in [6, 6.07) is 7.52. The van der Waals surface area contributed by atoms with E-state index in [1.165, 1.54) is 11.8 Å². The number of amides is 1. The molecule has 6 nitrogen and oxygen atoms in total. The van der Waals surface area contributed by atoms with Crippen molar-refractivity contribution in [3.05, 3.63) is 42.2 Å². The van der Waals surface area contributed by atoms with Gasteiger partial charge in [-0.15, -0.1) is 0 Å². The van der Waals surface area contributed by atoms with Crippen molar-refractivity contribution in [3.8, 4) is 11.5 Å². The van der Waals surface area contributed by atoms with Crippen LogP contribution in [0.4, 0.5) is 0 Å². The third-order valence-corrected chi connectivity index (χ3v) is 4.87. The minimum absolute atomic E-state index is 0.000398. The molecule has 0 fully saturated rings. The van der Waals surface area contributed by atoms with Crippen molar-refractivity contribution >= 4 is 17.7 Å². The first-order chi connectivity index (χ1) is 12.2. The molecule has 0 aliphatic rings. The second-order valence-electron chi connectivity index (χ2n) is 5.28. The molecule has 0 aliphatic heterocycles. The third kappa shape index (κ3) is 5.63. The standard InChI is InChI=1S/C18H23N3O3S/c1-4-16(25-18-20-9-5-10-21-18)17(22)19-11-8-13-6-7-14(23-2)15(12-13)24-3/h5-7,9-10,12,16H,4,8,11H2,1-3H3,(H,19,22). The molecule has 0 spiro atoms. The first-order valence-corrected chi connectivity index (χ1v) is 8.98. The van der Waals surface area contributed by atoms with Crippen LogP contribution in [0, 0.1) is 0 Å². The molecule has 134 valence electrons. The van der Waals surface area contributed by atoms with E-state index in [0.717, 1.165) is 12.0 Å². The number of methoxy groups -OCH3 is 2. The lowest BCUT2D eigenvalue weighted by molar-refractivity contribution is -0.120. The molecule has 1 aromatic heterocycles. The molecule has 7 heteroatoms. The van der Waals surface area contributed by atoms with Gasteiger partial charge in [0, 0.05) is 18.9 Å². The molecule has 1 N–H and O–H groups in total. The van der Waals surface area contributed by atoms with Gasteiger partial charge in [0.15, 0.2) is 16.7 Å². The summed E-state index contributed by atoms with van der Waals surface area (Å²) in [6.45, 7) is 2.54. The number of rotatable bonds is 9. The first-order valence-electron chi connectivity index (χ1n) is 8.10. The van der Waals surface area contributed by atoms with Crippen LogP contribution in [-0.2, 0) is 11.2 Å². The molecule has 0 bridgehead atoms. The maximum absolute atomic E-state index is 12.4. The van der Waals surface area contributed by atoms with E-state index in [9.17, 15) is 4.79 Å². The van der Waals surface area contributed by atoms with Gasteiger partial charge in [0.1, 0.15) is 0 Å². The molecule has 2 rings (SSSR count). The Hall–Kier alpha value is -2.28. The van der Waals surface area contributed by atoms with Crippen LogP contribution in [-0.4, -0.2) is 41.9 Å². The van der Waals surface area contributed by atoms with E-state index in [1.807, 2.05) is 25.1 Å². The average molecular weight is 361 g/mol. The highest BCUT2D eigenvalue weighted by Crippen LogP contribution is 2.27. The Kier molecular flexibility index (Phi) is 7.53. The molecular weight excluding hydrogens is 338 g/mol. The number of hydrogen-bond donors (Lipinski definition) is 1. The molecule has 0 radical (unpaired) electrons. The minimum atomic E-state index is -0.201. The predicted molar refractivity (Wildman–Crippen MR) is 98.2 cm³/mol. The van der Waals surface area contributed by atoms with Crippen molar-refractivity contribution in [2.75, 3.05) is 20.8 Å². The topological polar surface area (TPSA) is 73.3 Å². The fourth-order valence-corrected chi connectivity index (χ4v) is 3.13. The van der Waals surface area contributed by atoms with Crippen LogP contribution < -0.4 is 14.8 Å². The number of benzene rings is 1. The lowest BCUT2D eigenvalue weighted by Crippen LogP contribution is -2.33. The van der Waals surface area contributed by atoms with Crippen molar-refractivity contribution in [3.63, 3.8) is 0 Å². The Morgan fingerprint density at radius 2 is 1.92 bits per heavy atom. The molecule has 0 saturated carbocycles. The molecule has 1 atom stereocenters. The molecule has 1 unspecified atom stereocenters. The Labute approximate surface area is 152 Å². The zero-order chi connectivity index (χ0) is 18.1. The van der Waals surface area contributed by atoms with Crippen molar-refractivity contribution in [1.29, 1.82) is 0 Å². The number of hydrogen-bond acceptors (Lipinski definition) is 6. The molecule has 1 aromatic carbocycles. The number of nitrogens with zero attached hydrogens (tertiary/aromatic N) is 2. The van der Waals surface area contributed by atoms with Crippen LogP contribution in [0.15, 0.2) is 41.8 Å². The van der Waals surface area contributed by atoms with E-state index in [0.29, 0.717) is 29.6 Å². The number of carbonyl (C=O) groups excluding carboxylic acids is 1. The molecule has 1 heterocycles. The van der Waals surface area contributed by atoms with Gasteiger partial charge in [0.25, 0.3) is 0 Å². The number of thioether (sulfide) groups is 1. The maximum Gasteiger partial charge on any atom is 0.233 e. The highest BCUT2D eigenvalue weighted by atomic mass is 32.2. The van der Waals surface area contributed by atoms with Gasteiger partial charge < -0.3 is 14.8 Å². The summed E-state index contributed by atoms with van der Waals surface area (Å²) in [7, 11) is 3.22. The van der Waals surface area contributed by atoms with Gasteiger partial charge in [-0.2, -0.15) is 0 Å². The number of carbonyl (C=O) groups is 1. The summed E-state index contributed by atoms with van der Waals surface area (Å²) in [5.41, 5.74) is 1.07. The highest BCUT2D eigenvalue weighted by molar-refractivity contribution is 8.00. The average Bonchev–Trinajstić information content (AvgIpc) is 2.66. The summed E-state index contributed by atoms with van der Waals surface area (Å²) in [5.74, 6) is 1.38. The zero-order valence-corrected chi connectivity index (χ0v) is 15.5. The fraction of sp³-hybridized carbons (Fsp3) is 0.389. The van der Waals surface area contributed by atoms with Gasteiger partial charge in [0.2, 0.25) is 5.91 Å². The highest BCUT2D eigenvalue weighted by Gasteiger charge is 2.18. The maximum atomic E-state index is 12.4. The van der Waals surface area contributed by atoms with Crippen LogP contribution in [0.3, 0.4) is 0 Å². The molecule has 1 amide bonds. The van der Waals surface area contributed by atoms with E-state index < -0.39 is 0 Å². The summed E-state index contributed by atoms with van der Waals surface area (Å²) in [6.07, 6.45) is 4.79. The van der Waals surface area contributed by atoms with Gasteiger partial charge in [-0.1, -0.05) is 24.8 Å². The monoisotopic (exact) mass is 361 g/mol. The lowest BCUT2D eigenvalue weighted by Gasteiger charge is -2.14. The third-order valence-electron chi connectivity index (χ3n) is 3.61. The Balaban J connectivity index is 1.86. The molecule has 0 saturated heterocycles. The largest absolute Gasteiger partial charge is 0.493 e. The molecule has 2 aromatic rings. The Bertz CT molecular complexity index is 683. The molecule has 0 aliphatic carbocycles. The van der Waals surface area contributed by atoms with Crippen LogP contribution in [0.5, 0.6) is 11.5 Å². The predicted octanol–water partition coefficient (Wildman–Crippen LogP) is 2.72. The van der Waals surface area contributed by atoms with E-state index in [1.54, 1.807) is 32.7 Å². The van der Waals surface area contributed by atoms with Crippen LogP contribution in [0.2, 0.25) is 0 Å². The first kappa shape index (κ1) is 19.1. The normalized spacial score (nSPS) is 11.6. The van der Waals surface area contributed by atoms with Crippen molar-refractivity contribution in [1.82, 2.24) is 15.3 Å². The minimum Gasteiger partial charge on any atom is -0.493 e. The van der Waals surface area contributed by atoms with E-state index >= 15 is 0 Å². The van der Waals surface area contributed by atoms with Crippen LogP contribution in [0.1, 0.15) is 18.9 Å². The molecule has 25 heavy (non-hydrogen) atoms. The number of ether oxygens (including phenoxy) is 2. The van der Waals surface area contributed by atoms with E-state index in [4.69, 9.17) is 9.47 Å². The van der Waals surface area contributed by atoms with Gasteiger partial charge in [-0.05, 0) is 36.6 Å². The van der Waals surface area contributed by atoms with Crippen LogP contribution >= 0.6 is 11.8 Å². The second-order valence-corrected chi connectivity index (χ2v) is 6.45. The number of aromatic nitrogens is 2. The van der Waals surface area contributed by atoms with E-state index in [2.05, 4.69) is 15.3 Å². The summed E-state index contributed by atoms with van der Waals surface area (Å²) in [4.78, 5) is 20.7. The van der Waals surface area contributed by atoms with Gasteiger partial charge in [-0.3, -0.25) is 4.79 Å². The molecular formula is C18H23N3O3S. The van der Waals surface area contributed by atoms with Crippen molar-refractivity contribution in [2.45, 2.75) is 30.2 Å². The fourth-order valence-electron chi connectivity index (χ4n) is 2.28. The lowest BCUT2D eigenvalue weighted by atomic mass is 10.1. The van der Waals surface area contributed by atoms with Crippen LogP contribution in [0.25, 0.3) is 0 Å². The quantitative estimate of drug-likeness (QED) is 0.547.